The van der Waals surface area contributed by atoms with E-state index in [1.54, 1.807) is 0 Å². The summed E-state index contributed by atoms with van der Waals surface area (Å²) >= 11 is 6.01. The van der Waals surface area contributed by atoms with Gasteiger partial charge in [-0.3, -0.25) is 4.90 Å². The second-order valence-corrected chi connectivity index (χ2v) is 12.9. The predicted molar refractivity (Wildman–Crippen MR) is 155 cm³/mol. The summed E-state index contributed by atoms with van der Waals surface area (Å²) in [7, 11) is 1.86. The second-order valence-electron chi connectivity index (χ2n) is 12.5. The molecule has 2 unspecified atom stereocenters. The molecule has 2 N–H and O–H groups in total. The van der Waals surface area contributed by atoms with Crippen LogP contribution in [0, 0.1) is 11.7 Å². The minimum absolute atomic E-state index is 0.0289. The quantitative estimate of drug-likeness (QED) is 0.258. The number of benzene rings is 1. The van der Waals surface area contributed by atoms with Crippen molar-refractivity contribution in [3.8, 4) is 23.1 Å². The number of aromatic nitrogens is 3. The van der Waals surface area contributed by atoms with E-state index in [0.29, 0.717) is 18.8 Å². The summed E-state index contributed by atoms with van der Waals surface area (Å²) in [6.45, 7) is 1.42. The Labute approximate surface area is 255 Å². The Morgan fingerprint density at radius 1 is 1.16 bits per heavy atom. The van der Waals surface area contributed by atoms with E-state index in [9.17, 15) is 17.6 Å². The van der Waals surface area contributed by atoms with Gasteiger partial charge in [-0.25, -0.2) is 13.8 Å². The molecule has 3 aromatic rings. The van der Waals surface area contributed by atoms with Crippen LogP contribution in [-0.2, 0) is 6.18 Å². The highest BCUT2D eigenvalue weighted by Crippen LogP contribution is 2.47. The van der Waals surface area contributed by atoms with Gasteiger partial charge in [-0.15, -0.1) is 0 Å². The molecule has 44 heavy (non-hydrogen) atoms. The molecule has 4 atom stereocenters. The number of hydrogen-bond donors (Lipinski definition) is 1. The molecule has 14 heteroatoms. The Hall–Kier alpha value is -3.19. The number of ether oxygens (including phenoxy) is 2. The Morgan fingerprint density at radius 3 is 2.75 bits per heavy atom. The first kappa shape index (κ1) is 29.5. The first-order valence-corrected chi connectivity index (χ1v) is 15.3. The van der Waals surface area contributed by atoms with Crippen molar-refractivity contribution in [2.24, 2.45) is 5.92 Å². The molecule has 0 amide bonds. The zero-order valence-corrected chi connectivity index (χ0v) is 24.8. The van der Waals surface area contributed by atoms with Crippen LogP contribution in [0.4, 0.5) is 33.5 Å². The summed E-state index contributed by atoms with van der Waals surface area (Å²) in [5.41, 5.74) is 2.42. The average molecular weight is 639 g/mol. The minimum atomic E-state index is -4.93. The maximum atomic E-state index is 16.6. The van der Waals surface area contributed by atoms with Gasteiger partial charge in [0.15, 0.2) is 5.82 Å². The number of pyridine rings is 1. The van der Waals surface area contributed by atoms with E-state index < -0.39 is 45.5 Å². The molecule has 8 nitrogen and oxygen atoms in total. The van der Waals surface area contributed by atoms with E-state index in [4.69, 9.17) is 31.8 Å². The predicted octanol–water partition coefficient (Wildman–Crippen LogP) is 6.43. The summed E-state index contributed by atoms with van der Waals surface area (Å²) < 4.78 is 86.0. The molecule has 4 aliphatic rings. The van der Waals surface area contributed by atoms with Crippen LogP contribution in [0.1, 0.15) is 50.5 Å². The number of fused-ring (bicyclic) bond motifs is 2. The standard InChI is InChI=1S/C30H32ClF5N6O2/c1-41-20-6-3-2-5-15(20)13-43-27-21-25(23(33)24(38-27)18-9-17(37)10-19(31)22(18)30(34,35)36)39-28(40-26(21)41)44-14-29-7-4-8-42(29)12-16(32)11-29/h9-10,15-16,20H,2-8,11-14,37H2,1H3/t15?,16-,20?,29+/m1/s1. The normalized spacial score (nSPS) is 27.1. The van der Waals surface area contributed by atoms with Gasteiger partial charge in [-0.1, -0.05) is 24.4 Å². The Morgan fingerprint density at radius 2 is 1.95 bits per heavy atom. The number of nitrogen functional groups attached to an aromatic ring is 1. The van der Waals surface area contributed by atoms with Gasteiger partial charge >= 0.3 is 12.2 Å². The average Bonchev–Trinajstić information content (AvgIpc) is 3.49. The highest BCUT2D eigenvalue weighted by atomic mass is 35.5. The Bertz CT molecular complexity index is 1630. The third-order valence-electron chi connectivity index (χ3n) is 9.73. The lowest BCUT2D eigenvalue weighted by molar-refractivity contribution is -0.137. The molecule has 5 heterocycles. The number of anilines is 2. The fourth-order valence-corrected chi connectivity index (χ4v) is 8.03. The molecule has 0 radical (unpaired) electrons. The van der Waals surface area contributed by atoms with Crippen molar-refractivity contribution >= 4 is 34.0 Å². The summed E-state index contributed by atoms with van der Waals surface area (Å²) in [5, 5.41) is -0.545. The zero-order valence-electron chi connectivity index (χ0n) is 24.1. The number of nitrogens with zero attached hydrogens (tertiary/aromatic N) is 5. The number of rotatable bonds is 4. The molecule has 2 aromatic heterocycles. The third-order valence-corrected chi connectivity index (χ3v) is 10.0. The Kier molecular flexibility index (Phi) is 7.19. The van der Waals surface area contributed by atoms with Crippen molar-refractivity contribution in [3.05, 3.63) is 28.5 Å². The van der Waals surface area contributed by atoms with Crippen molar-refractivity contribution in [3.63, 3.8) is 0 Å². The fraction of sp³-hybridized carbons (Fsp3) is 0.567. The van der Waals surface area contributed by atoms with Crippen LogP contribution in [0.3, 0.4) is 0 Å². The van der Waals surface area contributed by atoms with E-state index >= 15 is 4.39 Å². The molecule has 3 fully saturated rings. The van der Waals surface area contributed by atoms with Crippen LogP contribution in [0.25, 0.3) is 22.2 Å². The maximum Gasteiger partial charge on any atom is 0.418 e. The van der Waals surface area contributed by atoms with E-state index in [0.717, 1.165) is 57.2 Å². The largest absolute Gasteiger partial charge is 0.477 e. The SMILES string of the molecule is CN1c2nc(OC[C@@]34CCCN3C[C@H](F)C4)nc3c(F)c(-c4cc(N)cc(Cl)c4C(F)(F)F)nc(c23)OCC2CCCCC21. The first-order valence-electron chi connectivity index (χ1n) is 14.9. The van der Waals surface area contributed by atoms with Crippen molar-refractivity contribution < 1.29 is 31.4 Å². The van der Waals surface area contributed by atoms with Crippen LogP contribution < -0.4 is 20.1 Å². The van der Waals surface area contributed by atoms with Crippen molar-refractivity contribution in [1.82, 2.24) is 19.9 Å². The zero-order chi connectivity index (χ0) is 31.0. The van der Waals surface area contributed by atoms with Crippen molar-refractivity contribution in [2.75, 3.05) is 44.0 Å². The lowest BCUT2D eigenvalue weighted by Gasteiger charge is -2.40. The second kappa shape index (κ2) is 10.7. The number of halogens is 6. The topological polar surface area (TPSA) is 89.6 Å². The van der Waals surface area contributed by atoms with Gasteiger partial charge in [0.25, 0.3) is 0 Å². The molecule has 1 saturated carbocycles. The number of alkyl halides is 4. The molecule has 0 bridgehead atoms. The van der Waals surface area contributed by atoms with E-state index in [-0.39, 0.29) is 53.7 Å². The molecule has 1 aromatic carbocycles. The summed E-state index contributed by atoms with van der Waals surface area (Å²) in [6.07, 6.45) is -0.199. The minimum Gasteiger partial charge on any atom is -0.477 e. The van der Waals surface area contributed by atoms with Gasteiger partial charge in [0.2, 0.25) is 5.88 Å². The van der Waals surface area contributed by atoms with E-state index in [2.05, 4.69) is 14.9 Å². The van der Waals surface area contributed by atoms with Crippen LogP contribution >= 0.6 is 11.6 Å². The lowest BCUT2D eigenvalue weighted by Crippen LogP contribution is -2.44. The van der Waals surface area contributed by atoms with Crippen LogP contribution in [0.5, 0.6) is 11.9 Å². The number of nitrogens with two attached hydrogens (primary N) is 1. The van der Waals surface area contributed by atoms with Gasteiger partial charge in [0, 0.05) is 43.2 Å². The van der Waals surface area contributed by atoms with Gasteiger partial charge in [0.05, 0.1) is 22.7 Å². The molecule has 1 aliphatic carbocycles. The molecule has 3 aliphatic heterocycles. The molecule has 2 saturated heterocycles. The maximum absolute atomic E-state index is 16.6. The van der Waals surface area contributed by atoms with E-state index in [1.165, 1.54) is 0 Å². The smallest absolute Gasteiger partial charge is 0.418 e. The molecule has 0 spiro atoms. The lowest BCUT2D eigenvalue weighted by atomic mass is 9.84. The third kappa shape index (κ3) is 4.86. The van der Waals surface area contributed by atoms with Gasteiger partial charge in [-0.2, -0.15) is 23.1 Å². The number of hydrogen-bond acceptors (Lipinski definition) is 8. The van der Waals surface area contributed by atoms with E-state index in [1.807, 2.05) is 11.9 Å². The van der Waals surface area contributed by atoms with Gasteiger partial charge in [-0.05, 0) is 44.4 Å². The van der Waals surface area contributed by atoms with Crippen LogP contribution in [0.15, 0.2) is 12.1 Å². The monoisotopic (exact) mass is 638 g/mol. The highest BCUT2D eigenvalue weighted by Gasteiger charge is 2.49. The van der Waals surface area contributed by atoms with Crippen LogP contribution in [0.2, 0.25) is 5.02 Å². The highest BCUT2D eigenvalue weighted by molar-refractivity contribution is 6.32. The first-order chi connectivity index (χ1) is 20.9. The summed E-state index contributed by atoms with van der Waals surface area (Å²) in [6, 6.07) is 1.83. The van der Waals surface area contributed by atoms with Gasteiger partial charge < -0.3 is 20.1 Å². The summed E-state index contributed by atoms with van der Waals surface area (Å²) in [4.78, 5) is 17.4. The molecular weight excluding hydrogens is 607 g/mol. The summed E-state index contributed by atoms with van der Waals surface area (Å²) in [5.74, 6) is -0.804. The van der Waals surface area contributed by atoms with Crippen LogP contribution in [-0.4, -0.2) is 71.0 Å². The molecular formula is C30H32ClF5N6O2. The molecule has 7 rings (SSSR count). The van der Waals surface area contributed by atoms with Gasteiger partial charge in [0.1, 0.15) is 35.2 Å². The van der Waals surface area contributed by atoms with Crippen molar-refractivity contribution in [1.29, 1.82) is 0 Å². The fourth-order valence-electron chi connectivity index (χ4n) is 7.69. The molecule has 236 valence electrons. The van der Waals surface area contributed by atoms with Crippen molar-refractivity contribution in [2.45, 2.75) is 68.9 Å². The Balaban J connectivity index is 1.42.